The van der Waals surface area contributed by atoms with Crippen LogP contribution in [0.1, 0.15) is 51.9 Å². The molecular weight excluding hydrogens is 464 g/mol. The van der Waals surface area contributed by atoms with E-state index in [1.807, 2.05) is 11.8 Å². The normalized spacial score (nSPS) is 43.7. The summed E-state index contributed by atoms with van der Waals surface area (Å²) in [6.45, 7) is 2.71. The highest BCUT2D eigenvalue weighted by Gasteiger charge is 2.49. The Morgan fingerprint density at radius 3 is 2.80 bits per heavy atom. The van der Waals surface area contributed by atoms with Crippen molar-refractivity contribution in [2.24, 2.45) is 34.6 Å². The van der Waals surface area contributed by atoms with E-state index in [4.69, 9.17) is 9.73 Å². The molecule has 30 heavy (non-hydrogen) atoms. The number of ether oxygens (including phenoxy) is 1. The SMILES string of the molecule is CC1CCC2C(CN3C=NC4SCC(C5CCC(Br)CC5)C4C3=O)=CC(=O)OC2C1. The number of carbonyl (C=O) groups excluding carboxylic acids is 2. The third-order valence-corrected chi connectivity index (χ3v) is 10.2. The van der Waals surface area contributed by atoms with Gasteiger partial charge in [-0.3, -0.25) is 14.7 Å². The standard InChI is InChI=1S/C23H31BrN2O3S/c1-13-2-7-17-15(9-20(27)29-19(17)8-13)10-26-12-25-22-21(23(26)28)18(11-30-22)14-3-5-16(24)6-4-14/h9,12-14,16-19,21-22H,2-8,10-11H2,1H3. The summed E-state index contributed by atoms with van der Waals surface area (Å²) in [4.78, 5) is 33.0. The van der Waals surface area contributed by atoms with E-state index in [1.54, 1.807) is 17.3 Å². The first-order valence-electron chi connectivity index (χ1n) is 11.5. The Bertz CT molecular complexity index is 764. The van der Waals surface area contributed by atoms with Crippen LogP contribution in [-0.2, 0) is 14.3 Å². The summed E-state index contributed by atoms with van der Waals surface area (Å²) in [5.74, 6) is 2.90. The number of rotatable bonds is 3. The number of alkyl halides is 1. The molecule has 0 bridgehead atoms. The summed E-state index contributed by atoms with van der Waals surface area (Å²) in [5.41, 5.74) is 1.06. The van der Waals surface area contributed by atoms with Gasteiger partial charge >= 0.3 is 5.97 Å². The average molecular weight is 495 g/mol. The van der Waals surface area contributed by atoms with E-state index in [2.05, 4.69) is 22.9 Å². The first-order valence-corrected chi connectivity index (χ1v) is 13.5. The molecule has 6 unspecified atom stereocenters. The number of aliphatic imine (C=N–C) groups is 1. The van der Waals surface area contributed by atoms with E-state index >= 15 is 0 Å². The molecule has 3 fully saturated rings. The molecule has 7 heteroatoms. The number of carbonyl (C=O) groups is 2. The van der Waals surface area contributed by atoms with Gasteiger partial charge in [-0.15, -0.1) is 11.8 Å². The number of amides is 1. The molecule has 164 valence electrons. The molecule has 2 aliphatic carbocycles. The second-order valence-corrected chi connectivity index (χ2v) is 12.3. The topological polar surface area (TPSA) is 59.0 Å². The van der Waals surface area contributed by atoms with Crippen molar-refractivity contribution in [3.05, 3.63) is 11.6 Å². The number of esters is 1. The molecule has 0 spiro atoms. The second kappa shape index (κ2) is 8.61. The molecule has 0 radical (unpaired) electrons. The van der Waals surface area contributed by atoms with Gasteiger partial charge in [0.05, 0.1) is 12.3 Å². The van der Waals surface area contributed by atoms with Crippen LogP contribution in [-0.4, -0.2) is 51.7 Å². The van der Waals surface area contributed by atoms with Crippen molar-refractivity contribution in [3.63, 3.8) is 0 Å². The minimum absolute atomic E-state index is 0.00445. The highest BCUT2D eigenvalue weighted by Crippen LogP contribution is 2.48. The highest BCUT2D eigenvalue weighted by molar-refractivity contribution is 9.09. The molecule has 5 nitrogen and oxygen atoms in total. The number of halogens is 1. The predicted octanol–water partition coefficient (Wildman–Crippen LogP) is 4.40. The van der Waals surface area contributed by atoms with E-state index in [-0.39, 0.29) is 35.2 Å². The van der Waals surface area contributed by atoms with Gasteiger partial charge in [-0.1, -0.05) is 22.9 Å². The summed E-state index contributed by atoms with van der Waals surface area (Å²) in [7, 11) is 0. The van der Waals surface area contributed by atoms with Gasteiger partial charge < -0.3 is 4.74 Å². The molecule has 0 aromatic rings. The number of thioether (sulfide) groups is 1. The first kappa shape index (κ1) is 21.0. The minimum atomic E-state index is -0.250. The van der Waals surface area contributed by atoms with E-state index < -0.39 is 0 Å². The van der Waals surface area contributed by atoms with E-state index in [9.17, 15) is 9.59 Å². The molecule has 5 rings (SSSR count). The van der Waals surface area contributed by atoms with E-state index in [0.717, 1.165) is 30.6 Å². The molecule has 5 aliphatic rings. The number of hydrogen-bond donors (Lipinski definition) is 0. The van der Waals surface area contributed by atoms with Crippen molar-refractivity contribution in [3.8, 4) is 0 Å². The van der Waals surface area contributed by atoms with Gasteiger partial charge in [0.1, 0.15) is 11.5 Å². The van der Waals surface area contributed by atoms with Gasteiger partial charge in [0, 0.05) is 23.4 Å². The van der Waals surface area contributed by atoms with Crippen LogP contribution < -0.4 is 0 Å². The van der Waals surface area contributed by atoms with Crippen LogP contribution in [0.5, 0.6) is 0 Å². The van der Waals surface area contributed by atoms with Gasteiger partial charge in [-0.05, 0) is 74.0 Å². The van der Waals surface area contributed by atoms with E-state index in [0.29, 0.717) is 29.1 Å². The van der Waals surface area contributed by atoms with Gasteiger partial charge in [-0.2, -0.15) is 0 Å². The molecule has 3 heterocycles. The lowest BCUT2D eigenvalue weighted by Gasteiger charge is -2.40. The lowest BCUT2D eigenvalue weighted by molar-refractivity contribution is -0.150. The van der Waals surface area contributed by atoms with Crippen molar-refractivity contribution in [1.29, 1.82) is 0 Å². The molecule has 1 saturated heterocycles. The molecule has 2 saturated carbocycles. The smallest absolute Gasteiger partial charge is 0.331 e. The average Bonchev–Trinajstić information content (AvgIpc) is 3.15. The highest BCUT2D eigenvalue weighted by atomic mass is 79.9. The van der Waals surface area contributed by atoms with Gasteiger partial charge in [0.2, 0.25) is 5.91 Å². The zero-order valence-electron chi connectivity index (χ0n) is 17.5. The Hall–Kier alpha value is -0.820. The summed E-state index contributed by atoms with van der Waals surface area (Å²) < 4.78 is 5.62. The third kappa shape index (κ3) is 4.01. The van der Waals surface area contributed by atoms with Crippen molar-refractivity contribution in [2.45, 2.75) is 68.2 Å². The number of nitrogens with zero attached hydrogens (tertiary/aromatic N) is 2. The van der Waals surface area contributed by atoms with Crippen molar-refractivity contribution in [1.82, 2.24) is 4.90 Å². The van der Waals surface area contributed by atoms with Gasteiger partial charge in [0.25, 0.3) is 0 Å². The summed E-state index contributed by atoms with van der Waals surface area (Å²) in [6, 6.07) is 0. The molecule has 3 aliphatic heterocycles. The number of hydrogen-bond acceptors (Lipinski definition) is 5. The molecule has 6 atom stereocenters. The first-order chi connectivity index (χ1) is 14.5. The monoisotopic (exact) mass is 494 g/mol. The number of fused-ring (bicyclic) bond motifs is 2. The molecular formula is C23H31BrN2O3S. The zero-order chi connectivity index (χ0) is 20.8. The molecule has 0 aromatic heterocycles. The fourth-order valence-electron chi connectivity index (χ4n) is 6.20. The Labute approximate surface area is 191 Å². The molecule has 0 N–H and O–H groups in total. The summed E-state index contributed by atoms with van der Waals surface area (Å²) in [5, 5.41) is 0.0778. The van der Waals surface area contributed by atoms with Crippen LogP contribution >= 0.6 is 27.7 Å². The van der Waals surface area contributed by atoms with E-state index in [1.165, 1.54) is 25.7 Å². The van der Waals surface area contributed by atoms with Crippen molar-refractivity contribution in [2.75, 3.05) is 12.3 Å². The minimum Gasteiger partial charge on any atom is -0.459 e. The third-order valence-electron chi connectivity index (χ3n) is 7.91. The summed E-state index contributed by atoms with van der Waals surface area (Å²) >= 11 is 5.61. The maximum atomic E-state index is 13.6. The molecule has 1 amide bonds. The quantitative estimate of drug-likeness (QED) is 0.430. The molecule has 0 aromatic carbocycles. The van der Waals surface area contributed by atoms with Crippen LogP contribution in [0.4, 0.5) is 0 Å². The van der Waals surface area contributed by atoms with Gasteiger partial charge in [0.15, 0.2) is 0 Å². The lowest BCUT2D eigenvalue weighted by Crippen LogP contribution is -2.48. The van der Waals surface area contributed by atoms with Crippen LogP contribution in [0.25, 0.3) is 0 Å². The Balaban J connectivity index is 1.31. The maximum Gasteiger partial charge on any atom is 0.331 e. The van der Waals surface area contributed by atoms with Crippen molar-refractivity contribution < 1.29 is 14.3 Å². The maximum absolute atomic E-state index is 13.6. The Morgan fingerprint density at radius 2 is 2.00 bits per heavy atom. The second-order valence-electron chi connectivity index (χ2n) is 9.88. The fourth-order valence-corrected chi connectivity index (χ4v) is 8.30. The van der Waals surface area contributed by atoms with Crippen LogP contribution in [0.15, 0.2) is 16.6 Å². The largest absolute Gasteiger partial charge is 0.459 e. The van der Waals surface area contributed by atoms with Gasteiger partial charge in [-0.25, -0.2) is 4.79 Å². The fraction of sp³-hybridized carbons (Fsp3) is 0.783. The Morgan fingerprint density at radius 1 is 1.20 bits per heavy atom. The lowest BCUT2D eigenvalue weighted by atomic mass is 9.74. The predicted molar refractivity (Wildman–Crippen MR) is 123 cm³/mol. The zero-order valence-corrected chi connectivity index (χ0v) is 19.9. The van der Waals surface area contributed by atoms with Crippen LogP contribution in [0, 0.1) is 29.6 Å². The van der Waals surface area contributed by atoms with Crippen LogP contribution in [0.2, 0.25) is 0 Å². The summed E-state index contributed by atoms with van der Waals surface area (Å²) in [6.07, 6.45) is 11.3. The Kier molecular flexibility index (Phi) is 6.04. The van der Waals surface area contributed by atoms with Crippen LogP contribution in [0.3, 0.4) is 0 Å². The van der Waals surface area contributed by atoms with Crippen molar-refractivity contribution >= 4 is 45.9 Å².